The van der Waals surface area contributed by atoms with Gasteiger partial charge in [-0.1, -0.05) is 0 Å². The summed E-state index contributed by atoms with van der Waals surface area (Å²) in [5.41, 5.74) is 3.29. The molecule has 1 heterocycles. The third-order valence-corrected chi connectivity index (χ3v) is 3.56. The van der Waals surface area contributed by atoms with E-state index in [1.54, 1.807) is 18.9 Å². The maximum absolute atomic E-state index is 12.0. The van der Waals surface area contributed by atoms with Gasteiger partial charge in [-0.25, -0.2) is 0 Å². The normalized spacial score (nSPS) is 12.5. The summed E-state index contributed by atoms with van der Waals surface area (Å²) in [6, 6.07) is 0. The van der Waals surface area contributed by atoms with Crippen LogP contribution in [0.5, 0.6) is 0 Å². The summed E-state index contributed by atoms with van der Waals surface area (Å²) < 4.78 is 1.85. The Morgan fingerprint density at radius 2 is 2.11 bits per heavy atom. The highest BCUT2D eigenvalue weighted by Gasteiger charge is 2.14. The second-order valence-corrected chi connectivity index (χ2v) is 5.23. The largest absolute Gasteiger partial charge is 0.393 e. The number of carbonyl (C=O) groups is 1. The number of aryl methyl sites for hydroxylation is 2. The first kappa shape index (κ1) is 15.7. The number of hydrogen-bond acceptors (Lipinski definition) is 3. The van der Waals surface area contributed by atoms with Crippen LogP contribution in [0.3, 0.4) is 0 Å². The molecule has 0 fully saturated rings. The van der Waals surface area contributed by atoms with Crippen molar-refractivity contribution in [3.05, 3.63) is 17.0 Å². The fourth-order valence-electron chi connectivity index (χ4n) is 2.11. The lowest BCUT2D eigenvalue weighted by Gasteiger charge is -2.18. The van der Waals surface area contributed by atoms with Crippen molar-refractivity contribution in [3.63, 3.8) is 0 Å². The zero-order valence-electron chi connectivity index (χ0n) is 12.6. The first-order valence-electron chi connectivity index (χ1n) is 6.74. The fourth-order valence-corrected chi connectivity index (χ4v) is 2.11. The number of aliphatic hydroxyl groups excluding tert-OH is 1. The average Bonchev–Trinajstić information content (AvgIpc) is 2.58. The van der Waals surface area contributed by atoms with Crippen molar-refractivity contribution in [2.24, 2.45) is 7.05 Å². The van der Waals surface area contributed by atoms with Gasteiger partial charge in [0.2, 0.25) is 5.91 Å². The van der Waals surface area contributed by atoms with Gasteiger partial charge >= 0.3 is 0 Å². The Kier molecular flexibility index (Phi) is 5.54. The van der Waals surface area contributed by atoms with Crippen molar-refractivity contribution in [3.8, 4) is 0 Å². The van der Waals surface area contributed by atoms with Gasteiger partial charge < -0.3 is 10.0 Å². The summed E-state index contributed by atoms with van der Waals surface area (Å²) in [7, 11) is 3.70. The first-order valence-corrected chi connectivity index (χ1v) is 6.74. The molecule has 1 atom stereocenters. The summed E-state index contributed by atoms with van der Waals surface area (Å²) in [5.74, 6) is 0.114. The van der Waals surface area contributed by atoms with Crippen molar-refractivity contribution in [1.29, 1.82) is 0 Å². The molecule has 1 amide bonds. The van der Waals surface area contributed by atoms with E-state index >= 15 is 0 Å². The van der Waals surface area contributed by atoms with Crippen LogP contribution in [0.4, 0.5) is 0 Å². The van der Waals surface area contributed by atoms with E-state index in [1.165, 1.54) is 5.56 Å². The molecule has 0 aliphatic rings. The molecule has 5 heteroatoms. The molecule has 0 saturated carbocycles. The van der Waals surface area contributed by atoms with Crippen molar-refractivity contribution >= 4 is 5.91 Å². The van der Waals surface area contributed by atoms with Gasteiger partial charge in [0.15, 0.2) is 0 Å². The highest BCUT2D eigenvalue weighted by molar-refractivity contribution is 5.76. The van der Waals surface area contributed by atoms with Crippen LogP contribution in [0.2, 0.25) is 0 Å². The molecular formula is C14H25N3O2. The van der Waals surface area contributed by atoms with Gasteiger partial charge in [-0.3, -0.25) is 9.48 Å². The topological polar surface area (TPSA) is 58.4 Å². The van der Waals surface area contributed by atoms with Crippen molar-refractivity contribution < 1.29 is 9.90 Å². The highest BCUT2D eigenvalue weighted by Crippen LogP contribution is 2.14. The lowest BCUT2D eigenvalue weighted by atomic mass is 10.1. The van der Waals surface area contributed by atoms with Crippen LogP contribution in [0.1, 0.15) is 36.7 Å². The fraction of sp³-hybridized carbons (Fsp3) is 0.714. The molecule has 0 spiro atoms. The first-order chi connectivity index (χ1) is 8.82. The minimum absolute atomic E-state index is 0.114. The van der Waals surface area contributed by atoms with Crippen LogP contribution >= 0.6 is 0 Å². The highest BCUT2D eigenvalue weighted by atomic mass is 16.3. The second kappa shape index (κ2) is 6.70. The average molecular weight is 267 g/mol. The van der Waals surface area contributed by atoms with Crippen LogP contribution in [0, 0.1) is 13.8 Å². The van der Waals surface area contributed by atoms with E-state index in [0.717, 1.165) is 17.8 Å². The van der Waals surface area contributed by atoms with E-state index < -0.39 is 0 Å². The smallest absolute Gasteiger partial charge is 0.222 e. The predicted molar refractivity (Wildman–Crippen MR) is 74.9 cm³/mol. The SMILES string of the molecule is Cc1nn(C)c(C)c1CCC(=O)N(C)CCC(C)O. The van der Waals surface area contributed by atoms with Crippen LogP contribution in [-0.4, -0.2) is 45.4 Å². The Morgan fingerprint density at radius 1 is 1.47 bits per heavy atom. The molecule has 1 unspecified atom stereocenters. The Morgan fingerprint density at radius 3 is 2.58 bits per heavy atom. The minimum atomic E-state index is -0.363. The molecule has 0 bridgehead atoms. The number of carbonyl (C=O) groups excluding carboxylic acids is 1. The maximum atomic E-state index is 12.0. The molecule has 0 aromatic carbocycles. The monoisotopic (exact) mass is 267 g/mol. The number of rotatable bonds is 6. The van der Waals surface area contributed by atoms with Gasteiger partial charge in [0.1, 0.15) is 0 Å². The van der Waals surface area contributed by atoms with E-state index in [4.69, 9.17) is 0 Å². The van der Waals surface area contributed by atoms with E-state index in [-0.39, 0.29) is 12.0 Å². The molecule has 1 N–H and O–H groups in total. The predicted octanol–water partition coefficient (Wildman–Crippen LogP) is 1.20. The molecule has 0 radical (unpaired) electrons. The Balaban J connectivity index is 2.50. The van der Waals surface area contributed by atoms with Gasteiger partial charge in [-0.2, -0.15) is 5.10 Å². The van der Waals surface area contributed by atoms with Gasteiger partial charge in [0, 0.05) is 32.8 Å². The van der Waals surface area contributed by atoms with E-state index in [1.807, 2.05) is 25.6 Å². The van der Waals surface area contributed by atoms with Crippen molar-refractivity contribution in [1.82, 2.24) is 14.7 Å². The second-order valence-electron chi connectivity index (χ2n) is 5.23. The zero-order valence-corrected chi connectivity index (χ0v) is 12.6. The quantitative estimate of drug-likeness (QED) is 0.842. The van der Waals surface area contributed by atoms with Crippen molar-refractivity contribution in [2.45, 2.75) is 46.1 Å². The van der Waals surface area contributed by atoms with Crippen LogP contribution in [0.15, 0.2) is 0 Å². The van der Waals surface area contributed by atoms with Crippen LogP contribution < -0.4 is 0 Å². The van der Waals surface area contributed by atoms with E-state index in [0.29, 0.717) is 19.4 Å². The summed E-state index contributed by atoms with van der Waals surface area (Å²) in [6.45, 7) is 6.34. The van der Waals surface area contributed by atoms with Gasteiger partial charge in [-0.15, -0.1) is 0 Å². The lowest BCUT2D eigenvalue weighted by Crippen LogP contribution is -2.29. The summed E-state index contributed by atoms with van der Waals surface area (Å²) in [6.07, 6.45) is 1.47. The maximum Gasteiger partial charge on any atom is 0.222 e. The Bertz CT molecular complexity index is 438. The third kappa shape index (κ3) is 4.35. The molecule has 0 aliphatic carbocycles. The minimum Gasteiger partial charge on any atom is -0.393 e. The standard InChI is InChI=1S/C14H25N3O2/c1-10(18)8-9-16(4)14(19)7-6-13-11(2)15-17(5)12(13)3/h10,18H,6-9H2,1-5H3. The molecule has 19 heavy (non-hydrogen) atoms. The molecule has 1 aromatic heterocycles. The Labute approximate surface area is 115 Å². The van der Waals surface area contributed by atoms with Crippen LogP contribution in [0.25, 0.3) is 0 Å². The number of amides is 1. The third-order valence-electron chi connectivity index (χ3n) is 3.56. The van der Waals surface area contributed by atoms with Gasteiger partial charge in [0.25, 0.3) is 0 Å². The van der Waals surface area contributed by atoms with Gasteiger partial charge in [-0.05, 0) is 39.2 Å². The summed E-state index contributed by atoms with van der Waals surface area (Å²) in [4.78, 5) is 13.7. The van der Waals surface area contributed by atoms with Gasteiger partial charge in [0.05, 0.1) is 11.8 Å². The summed E-state index contributed by atoms with van der Waals surface area (Å²) in [5, 5.41) is 13.6. The molecular weight excluding hydrogens is 242 g/mol. The van der Waals surface area contributed by atoms with Crippen molar-refractivity contribution in [2.75, 3.05) is 13.6 Å². The molecule has 108 valence electrons. The van der Waals surface area contributed by atoms with Crippen LogP contribution in [-0.2, 0) is 18.3 Å². The number of nitrogens with zero attached hydrogens (tertiary/aromatic N) is 3. The van der Waals surface area contributed by atoms with E-state index in [9.17, 15) is 9.90 Å². The zero-order chi connectivity index (χ0) is 14.6. The summed E-state index contributed by atoms with van der Waals surface area (Å²) >= 11 is 0. The lowest BCUT2D eigenvalue weighted by molar-refractivity contribution is -0.130. The molecule has 0 aliphatic heterocycles. The van der Waals surface area contributed by atoms with E-state index in [2.05, 4.69) is 5.10 Å². The molecule has 1 aromatic rings. The molecule has 5 nitrogen and oxygen atoms in total. The molecule has 0 saturated heterocycles. The number of hydrogen-bond donors (Lipinski definition) is 1. The number of aliphatic hydroxyl groups is 1. The number of aromatic nitrogens is 2. The molecule has 1 rings (SSSR count). The Hall–Kier alpha value is -1.36.